The topological polar surface area (TPSA) is 0 Å². The standard InChI is InChI=1S/C17H16ClF/c1-11-6-7-15(19)10-13(11)9-14-8-12-4-2-3-5-16(12)17(14)18/h2-7,10,14,17H,8-9H2,1H3. The molecule has 0 saturated carbocycles. The van der Waals surface area contributed by atoms with Crippen molar-refractivity contribution in [1.82, 2.24) is 0 Å². The zero-order valence-corrected chi connectivity index (χ0v) is 11.6. The van der Waals surface area contributed by atoms with Crippen LogP contribution in [-0.4, -0.2) is 0 Å². The number of aryl methyl sites for hydroxylation is 1. The summed E-state index contributed by atoms with van der Waals surface area (Å²) in [5, 5.41) is 0.0406. The highest BCUT2D eigenvalue weighted by atomic mass is 35.5. The number of hydrogen-bond acceptors (Lipinski definition) is 0. The first-order valence-corrected chi connectivity index (χ1v) is 7.05. The second kappa shape index (κ2) is 4.97. The van der Waals surface area contributed by atoms with Crippen LogP contribution in [0.4, 0.5) is 4.39 Å². The van der Waals surface area contributed by atoms with Gasteiger partial charge in [0.25, 0.3) is 0 Å². The van der Waals surface area contributed by atoms with Gasteiger partial charge in [0.1, 0.15) is 5.82 Å². The molecule has 0 spiro atoms. The molecule has 19 heavy (non-hydrogen) atoms. The summed E-state index contributed by atoms with van der Waals surface area (Å²) in [6.07, 6.45) is 1.83. The SMILES string of the molecule is Cc1ccc(F)cc1CC1Cc2ccccc2C1Cl. The van der Waals surface area contributed by atoms with Crippen LogP contribution in [0.25, 0.3) is 0 Å². The Morgan fingerprint density at radius 2 is 2.00 bits per heavy atom. The van der Waals surface area contributed by atoms with Crippen molar-refractivity contribution in [3.8, 4) is 0 Å². The lowest BCUT2D eigenvalue weighted by molar-refractivity contribution is 0.538. The Morgan fingerprint density at radius 3 is 2.79 bits per heavy atom. The number of alkyl halides is 1. The molecule has 0 radical (unpaired) electrons. The van der Waals surface area contributed by atoms with Crippen LogP contribution in [0.3, 0.4) is 0 Å². The highest BCUT2D eigenvalue weighted by Gasteiger charge is 2.30. The lowest BCUT2D eigenvalue weighted by Gasteiger charge is -2.16. The molecule has 2 unspecified atom stereocenters. The lowest BCUT2D eigenvalue weighted by atomic mass is 9.93. The van der Waals surface area contributed by atoms with Crippen molar-refractivity contribution >= 4 is 11.6 Å². The molecular weight excluding hydrogens is 259 g/mol. The first-order valence-electron chi connectivity index (χ1n) is 6.62. The maximum atomic E-state index is 13.3. The van der Waals surface area contributed by atoms with E-state index in [9.17, 15) is 4.39 Å². The van der Waals surface area contributed by atoms with E-state index in [0.29, 0.717) is 5.92 Å². The molecule has 1 aliphatic rings. The summed E-state index contributed by atoms with van der Waals surface area (Å²) in [4.78, 5) is 0. The van der Waals surface area contributed by atoms with Gasteiger partial charge in [-0.3, -0.25) is 0 Å². The number of benzene rings is 2. The van der Waals surface area contributed by atoms with Crippen molar-refractivity contribution in [2.75, 3.05) is 0 Å². The predicted octanol–water partition coefficient (Wildman–Crippen LogP) is 4.83. The Hall–Kier alpha value is -1.34. The Kier molecular flexibility index (Phi) is 3.32. The fourth-order valence-electron chi connectivity index (χ4n) is 2.95. The first kappa shape index (κ1) is 12.7. The summed E-state index contributed by atoms with van der Waals surface area (Å²) in [5.41, 5.74) is 4.79. The molecule has 0 fully saturated rings. The summed E-state index contributed by atoms with van der Waals surface area (Å²) >= 11 is 6.56. The fraction of sp³-hybridized carbons (Fsp3) is 0.294. The van der Waals surface area contributed by atoms with Gasteiger partial charge in [-0.05, 0) is 60.1 Å². The van der Waals surface area contributed by atoms with Crippen LogP contribution in [0, 0.1) is 18.7 Å². The van der Waals surface area contributed by atoms with Crippen molar-refractivity contribution in [2.45, 2.75) is 25.1 Å². The van der Waals surface area contributed by atoms with Crippen molar-refractivity contribution in [3.63, 3.8) is 0 Å². The molecule has 2 aromatic rings. The van der Waals surface area contributed by atoms with Crippen molar-refractivity contribution in [3.05, 3.63) is 70.5 Å². The molecule has 0 saturated heterocycles. The molecule has 0 bridgehead atoms. The Balaban J connectivity index is 1.85. The van der Waals surface area contributed by atoms with E-state index in [1.165, 1.54) is 17.2 Å². The van der Waals surface area contributed by atoms with Gasteiger partial charge >= 0.3 is 0 Å². The molecule has 98 valence electrons. The minimum absolute atomic E-state index is 0.0406. The summed E-state index contributed by atoms with van der Waals surface area (Å²) in [6.45, 7) is 2.03. The van der Waals surface area contributed by atoms with Gasteiger partial charge in [0.15, 0.2) is 0 Å². The average molecular weight is 275 g/mol. The van der Waals surface area contributed by atoms with E-state index in [0.717, 1.165) is 24.0 Å². The van der Waals surface area contributed by atoms with E-state index in [1.807, 2.05) is 19.1 Å². The Labute approximate surface area is 118 Å². The molecule has 0 aliphatic heterocycles. The number of halogens is 2. The third-order valence-corrected chi connectivity index (χ3v) is 4.63. The zero-order chi connectivity index (χ0) is 13.4. The Morgan fingerprint density at radius 1 is 1.21 bits per heavy atom. The maximum Gasteiger partial charge on any atom is 0.123 e. The van der Waals surface area contributed by atoms with Crippen molar-refractivity contribution < 1.29 is 4.39 Å². The molecule has 1 aliphatic carbocycles. The summed E-state index contributed by atoms with van der Waals surface area (Å²) in [7, 11) is 0. The van der Waals surface area contributed by atoms with Gasteiger partial charge in [-0.1, -0.05) is 30.3 Å². The molecular formula is C17H16ClF. The molecule has 0 nitrogen and oxygen atoms in total. The van der Waals surface area contributed by atoms with Crippen LogP contribution in [0.1, 0.15) is 27.6 Å². The molecule has 3 rings (SSSR count). The number of rotatable bonds is 2. The smallest absolute Gasteiger partial charge is 0.123 e. The third-order valence-electron chi connectivity index (χ3n) is 4.04. The highest BCUT2D eigenvalue weighted by Crippen LogP contribution is 2.42. The van der Waals surface area contributed by atoms with Crippen LogP contribution in [0.2, 0.25) is 0 Å². The summed E-state index contributed by atoms with van der Waals surface area (Å²) < 4.78 is 13.3. The first-order chi connectivity index (χ1) is 9.15. The van der Waals surface area contributed by atoms with Gasteiger partial charge < -0.3 is 0 Å². The lowest BCUT2D eigenvalue weighted by Crippen LogP contribution is -2.08. The molecule has 0 amide bonds. The molecule has 2 atom stereocenters. The van der Waals surface area contributed by atoms with E-state index in [1.54, 1.807) is 6.07 Å². The zero-order valence-electron chi connectivity index (χ0n) is 10.9. The van der Waals surface area contributed by atoms with E-state index in [-0.39, 0.29) is 11.2 Å². The number of fused-ring (bicyclic) bond motifs is 1. The second-order valence-corrected chi connectivity index (χ2v) is 5.81. The van der Waals surface area contributed by atoms with E-state index >= 15 is 0 Å². The highest BCUT2D eigenvalue weighted by molar-refractivity contribution is 6.21. The summed E-state index contributed by atoms with van der Waals surface area (Å²) in [6, 6.07) is 13.3. The van der Waals surface area contributed by atoms with Gasteiger partial charge in [-0.2, -0.15) is 0 Å². The van der Waals surface area contributed by atoms with Crippen LogP contribution < -0.4 is 0 Å². The molecule has 0 N–H and O–H groups in total. The molecule has 0 heterocycles. The van der Waals surface area contributed by atoms with Crippen LogP contribution >= 0.6 is 11.6 Å². The predicted molar refractivity (Wildman–Crippen MR) is 77.1 cm³/mol. The van der Waals surface area contributed by atoms with Crippen LogP contribution in [0.5, 0.6) is 0 Å². The normalized spacial score (nSPS) is 21.4. The van der Waals surface area contributed by atoms with Crippen molar-refractivity contribution in [2.24, 2.45) is 5.92 Å². The van der Waals surface area contributed by atoms with Crippen molar-refractivity contribution in [1.29, 1.82) is 0 Å². The molecule has 0 aromatic heterocycles. The van der Waals surface area contributed by atoms with Gasteiger partial charge in [0.2, 0.25) is 0 Å². The largest absolute Gasteiger partial charge is 0.207 e. The fourth-order valence-corrected chi connectivity index (χ4v) is 3.34. The van der Waals surface area contributed by atoms with Crippen LogP contribution in [0.15, 0.2) is 42.5 Å². The molecule has 2 heteroatoms. The minimum atomic E-state index is -0.165. The van der Waals surface area contributed by atoms with Gasteiger partial charge in [0, 0.05) is 0 Å². The second-order valence-electron chi connectivity index (χ2n) is 5.34. The Bertz CT molecular complexity index is 606. The van der Waals surface area contributed by atoms with E-state index in [4.69, 9.17) is 11.6 Å². The average Bonchev–Trinajstić information content (AvgIpc) is 2.72. The number of hydrogen-bond donors (Lipinski definition) is 0. The quantitative estimate of drug-likeness (QED) is 0.688. The van der Waals surface area contributed by atoms with Gasteiger partial charge in [-0.25, -0.2) is 4.39 Å². The van der Waals surface area contributed by atoms with E-state index < -0.39 is 0 Å². The summed E-state index contributed by atoms with van der Waals surface area (Å²) in [5.74, 6) is 0.196. The monoisotopic (exact) mass is 274 g/mol. The molecule has 2 aromatic carbocycles. The van der Waals surface area contributed by atoms with Crippen LogP contribution in [-0.2, 0) is 12.8 Å². The van der Waals surface area contributed by atoms with Gasteiger partial charge in [-0.15, -0.1) is 11.6 Å². The van der Waals surface area contributed by atoms with Gasteiger partial charge in [0.05, 0.1) is 5.38 Å². The van der Waals surface area contributed by atoms with E-state index in [2.05, 4.69) is 18.2 Å². The minimum Gasteiger partial charge on any atom is -0.207 e. The maximum absolute atomic E-state index is 13.3. The third kappa shape index (κ3) is 2.40.